The second-order valence-electron chi connectivity index (χ2n) is 17.5. The monoisotopic (exact) mass is 718 g/mol. The molecule has 0 unspecified atom stereocenters. The number of hydrogen-bond donors (Lipinski definition) is 1. The van der Waals surface area contributed by atoms with Crippen LogP contribution in [0, 0.1) is 6.92 Å². The molecule has 1 heterocycles. The summed E-state index contributed by atoms with van der Waals surface area (Å²) in [6.45, 7) is 13.7. The molecule has 0 atom stereocenters. The van der Waals surface area contributed by atoms with Gasteiger partial charge in [-0.25, -0.2) is 8.42 Å². The van der Waals surface area contributed by atoms with Gasteiger partial charge in [-0.05, 0) is 77.5 Å². The Morgan fingerprint density at radius 1 is 0.882 bits per heavy atom. The van der Waals surface area contributed by atoms with Crippen molar-refractivity contribution >= 4 is 27.3 Å². The van der Waals surface area contributed by atoms with Crippen LogP contribution in [0.15, 0.2) is 82.4 Å². The van der Waals surface area contributed by atoms with Gasteiger partial charge in [0.05, 0.1) is 60.3 Å². The van der Waals surface area contributed by atoms with Gasteiger partial charge in [0.2, 0.25) is 0 Å². The number of benzene rings is 2. The number of nitrogens with zero attached hydrogens (tertiary/aromatic N) is 3. The highest BCUT2D eigenvalue weighted by Crippen LogP contribution is 2.50. The van der Waals surface area contributed by atoms with Gasteiger partial charge < -0.3 is 23.5 Å². The highest BCUT2D eigenvalue weighted by atomic mass is 32.2. The predicted molar refractivity (Wildman–Crippen MR) is 208 cm³/mol. The van der Waals surface area contributed by atoms with Gasteiger partial charge >= 0.3 is 5.97 Å². The molecule has 278 valence electrons. The summed E-state index contributed by atoms with van der Waals surface area (Å²) in [7, 11) is 8.52. The average Bonchev–Trinajstić information content (AvgIpc) is 3.32. The topological polar surface area (TPSA) is 97.7 Å². The number of aryl methyl sites for hydroxylation is 1. The maximum atomic E-state index is 12.0. The third kappa shape index (κ3) is 9.69. The summed E-state index contributed by atoms with van der Waals surface area (Å²) in [4.78, 5) is 14.0. The number of aliphatic carboxylic acids is 1. The Bertz CT molecular complexity index is 1880. The summed E-state index contributed by atoms with van der Waals surface area (Å²) in [6.07, 6.45) is 11.5. The normalized spacial score (nSPS) is 18.2. The first-order valence-corrected chi connectivity index (χ1v) is 19.5. The molecule has 1 aliphatic carbocycles. The molecule has 8 nitrogen and oxygen atoms in total. The quantitative estimate of drug-likeness (QED) is 0.116. The van der Waals surface area contributed by atoms with E-state index in [9.17, 15) is 22.9 Å². The highest BCUT2D eigenvalue weighted by molar-refractivity contribution is 7.85. The van der Waals surface area contributed by atoms with Crippen LogP contribution in [0.4, 0.5) is 5.69 Å². The first-order chi connectivity index (χ1) is 23.4. The third-order valence-electron chi connectivity index (χ3n) is 10.3. The minimum atomic E-state index is -4.62. The molecule has 51 heavy (non-hydrogen) atoms. The number of carbonyl (C=O) groups is 1. The van der Waals surface area contributed by atoms with Crippen LogP contribution in [-0.2, 0) is 25.7 Å². The molecule has 2 aromatic carbocycles. The lowest BCUT2D eigenvalue weighted by atomic mass is 9.80. The van der Waals surface area contributed by atoms with E-state index in [-0.39, 0.29) is 16.7 Å². The van der Waals surface area contributed by atoms with Crippen LogP contribution in [-0.4, -0.2) is 94.9 Å². The summed E-state index contributed by atoms with van der Waals surface area (Å²) in [6, 6.07) is 11.4. The Kier molecular flexibility index (Phi) is 11.7. The van der Waals surface area contributed by atoms with Crippen LogP contribution in [0.3, 0.4) is 0 Å². The molecule has 1 aliphatic heterocycles. The summed E-state index contributed by atoms with van der Waals surface area (Å²) >= 11 is 0. The molecule has 2 aliphatic rings. The smallest absolute Gasteiger partial charge is 0.303 e. The lowest BCUT2D eigenvalue weighted by Crippen LogP contribution is -2.37. The van der Waals surface area contributed by atoms with Gasteiger partial charge in [-0.15, -0.1) is 0 Å². The van der Waals surface area contributed by atoms with E-state index >= 15 is 0 Å². The number of carboxylic acids is 1. The van der Waals surface area contributed by atoms with Crippen molar-refractivity contribution in [3.8, 4) is 0 Å². The molecule has 0 radical (unpaired) electrons. The Hall–Kier alpha value is -3.50. The first-order valence-electron chi connectivity index (χ1n) is 18.1. The van der Waals surface area contributed by atoms with Gasteiger partial charge in [0.1, 0.15) is 10.1 Å². The molecule has 0 aromatic heterocycles. The zero-order chi connectivity index (χ0) is 38.2. The number of allylic oxidation sites excluding steroid dienone is 8. The van der Waals surface area contributed by atoms with Crippen LogP contribution in [0.5, 0.6) is 0 Å². The molecule has 0 bridgehead atoms. The Morgan fingerprint density at radius 2 is 1.53 bits per heavy atom. The Morgan fingerprint density at radius 3 is 2.14 bits per heavy atom. The van der Waals surface area contributed by atoms with Gasteiger partial charge in [-0.3, -0.25) is 4.79 Å². The zero-order valence-electron chi connectivity index (χ0n) is 32.8. The average molecular weight is 719 g/mol. The zero-order valence-corrected chi connectivity index (χ0v) is 33.6. The number of quaternary nitrogens is 2. The fraction of sp³-hybridized carbons (Fsp3) is 0.500. The van der Waals surface area contributed by atoms with Gasteiger partial charge in [-0.2, -0.15) is 0 Å². The van der Waals surface area contributed by atoms with Crippen molar-refractivity contribution in [3.63, 3.8) is 0 Å². The number of rotatable bonds is 15. The molecule has 0 amide bonds. The SMILES string of the molecule is Cc1ccc2c(c1)C(C)(C)/C(=C/C=C(/C=C/C1=C(CCC[N+](C)(C)C)c3ccc(S(=O)(=O)[O-])cc3C1(C)C)CCC(=O)O)N2CCC[N+](C)(C)C. The van der Waals surface area contributed by atoms with E-state index in [0.717, 1.165) is 75.7 Å². The largest absolute Gasteiger partial charge is 0.744 e. The van der Waals surface area contributed by atoms with E-state index in [4.69, 9.17) is 0 Å². The Balaban J connectivity index is 1.80. The fourth-order valence-electron chi connectivity index (χ4n) is 7.52. The van der Waals surface area contributed by atoms with E-state index in [1.54, 1.807) is 12.1 Å². The van der Waals surface area contributed by atoms with E-state index in [0.29, 0.717) is 6.42 Å². The summed E-state index contributed by atoms with van der Waals surface area (Å²) < 4.78 is 37.8. The van der Waals surface area contributed by atoms with Gasteiger partial charge in [0.15, 0.2) is 0 Å². The van der Waals surface area contributed by atoms with Gasteiger partial charge in [0.25, 0.3) is 0 Å². The summed E-state index contributed by atoms with van der Waals surface area (Å²) in [5.74, 6) is -0.854. The standard InChI is InChI=1S/C42H59N3O5S/c1-30-15-22-38-37(28-30)42(4,5)39(43(38)25-13-27-45(9,10)11)23-17-31(18-24-40(46)47)16-21-35-33(14-12-26-44(6,7)8)34-20-19-32(51(48,49)50)29-36(34)41(35,2)3/h15-17,19-23,28-29H,12-14,18,24-27H2,1-11H3/p+1/b21-16+,31-17-,39-23-. The number of carboxylic acid groups (broad SMARTS) is 1. The maximum absolute atomic E-state index is 12.0. The Labute approximate surface area is 307 Å². The fourth-order valence-corrected chi connectivity index (χ4v) is 8.02. The second kappa shape index (κ2) is 14.9. The van der Waals surface area contributed by atoms with Crippen LogP contribution in [0.1, 0.15) is 82.1 Å². The van der Waals surface area contributed by atoms with Gasteiger partial charge in [0, 0.05) is 48.0 Å². The molecule has 0 saturated carbocycles. The molecule has 0 spiro atoms. The maximum Gasteiger partial charge on any atom is 0.303 e. The molecular formula is C42H60N3O5S+. The molecule has 2 aromatic rings. The third-order valence-corrected chi connectivity index (χ3v) is 11.2. The number of hydrogen-bond acceptors (Lipinski definition) is 5. The van der Waals surface area contributed by atoms with Crippen molar-refractivity contribution in [2.24, 2.45) is 0 Å². The first kappa shape index (κ1) is 40.3. The van der Waals surface area contributed by atoms with E-state index in [1.165, 1.54) is 28.6 Å². The number of anilines is 1. The van der Waals surface area contributed by atoms with Crippen molar-refractivity contribution in [2.45, 2.75) is 82.4 Å². The lowest BCUT2D eigenvalue weighted by molar-refractivity contribution is -0.870. The molecular weight excluding hydrogens is 659 g/mol. The minimum Gasteiger partial charge on any atom is -0.744 e. The van der Waals surface area contributed by atoms with Crippen LogP contribution < -0.4 is 4.90 Å². The minimum absolute atomic E-state index is 0.000876. The lowest BCUT2D eigenvalue weighted by Gasteiger charge is -2.29. The van der Waals surface area contributed by atoms with Crippen molar-refractivity contribution in [1.82, 2.24) is 0 Å². The van der Waals surface area contributed by atoms with Crippen LogP contribution >= 0.6 is 0 Å². The van der Waals surface area contributed by atoms with Gasteiger partial charge in [-0.1, -0.05) is 69.7 Å². The van der Waals surface area contributed by atoms with Crippen molar-refractivity contribution < 1.29 is 31.8 Å². The molecule has 4 rings (SSSR count). The molecule has 0 saturated heterocycles. The molecule has 9 heteroatoms. The molecule has 0 fully saturated rings. The summed E-state index contributed by atoms with van der Waals surface area (Å²) in [5.41, 5.74) is 9.00. The highest BCUT2D eigenvalue weighted by Gasteiger charge is 2.40. The van der Waals surface area contributed by atoms with Crippen LogP contribution in [0.2, 0.25) is 0 Å². The van der Waals surface area contributed by atoms with Crippen molar-refractivity contribution in [2.75, 3.05) is 66.8 Å². The second-order valence-corrected chi connectivity index (χ2v) is 18.9. The van der Waals surface area contributed by atoms with Crippen molar-refractivity contribution in [3.05, 3.63) is 99.8 Å². The van der Waals surface area contributed by atoms with Crippen molar-refractivity contribution in [1.29, 1.82) is 0 Å². The number of fused-ring (bicyclic) bond motifs is 2. The molecule has 1 N–H and O–H groups in total. The van der Waals surface area contributed by atoms with E-state index < -0.39 is 21.5 Å². The summed E-state index contributed by atoms with van der Waals surface area (Å²) in [5, 5.41) is 9.69. The van der Waals surface area contributed by atoms with Crippen LogP contribution in [0.25, 0.3) is 5.57 Å². The van der Waals surface area contributed by atoms with E-state index in [1.807, 2.05) is 6.08 Å². The van der Waals surface area contributed by atoms with E-state index in [2.05, 4.69) is 118 Å². The predicted octanol–water partition coefficient (Wildman–Crippen LogP) is 7.56.